The molecule has 1 saturated carbocycles. The van der Waals surface area contributed by atoms with Crippen LogP contribution < -0.4 is 0 Å². The van der Waals surface area contributed by atoms with Gasteiger partial charge >= 0.3 is 5.97 Å². The first-order valence-corrected chi connectivity index (χ1v) is 10.8. The minimum atomic E-state index is -0.596. The first-order valence-electron chi connectivity index (χ1n) is 10.8. The third-order valence-corrected chi connectivity index (χ3v) is 6.95. The highest BCUT2D eigenvalue weighted by Crippen LogP contribution is 2.48. The molecule has 29 heavy (non-hydrogen) atoms. The summed E-state index contributed by atoms with van der Waals surface area (Å²) in [6.45, 7) is 6.82. The zero-order valence-corrected chi connectivity index (χ0v) is 17.5. The van der Waals surface area contributed by atoms with Crippen molar-refractivity contribution in [2.75, 3.05) is 46.0 Å². The van der Waals surface area contributed by atoms with E-state index >= 15 is 0 Å². The SMILES string of the molecule is CCOC(=O)[C@@]12CC[C@@H](N3CCOCC3)C[C@H]1CCN(C(=O)c1ccn(C)n1)C2. The zero-order valence-electron chi connectivity index (χ0n) is 17.5. The number of rotatable bonds is 4. The second-order valence-corrected chi connectivity index (χ2v) is 8.54. The second-order valence-electron chi connectivity index (χ2n) is 8.54. The Kier molecular flexibility index (Phi) is 5.92. The van der Waals surface area contributed by atoms with Crippen molar-refractivity contribution >= 4 is 11.9 Å². The molecule has 1 aromatic rings. The summed E-state index contributed by atoms with van der Waals surface area (Å²) in [5.74, 6) is 0.0166. The summed E-state index contributed by atoms with van der Waals surface area (Å²) >= 11 is 0. The van der Waals surface area contributed by atoms with Crippen LogP contribution in [0.25, 0.3) is 0 Å². The Morgan fingerprint density at radius 2 is 2.07 bits per heavy atom. The van der Waals surface area contributed by atoms with Gasteiger partial charge in [-0.25, -0.2) is 0 Å². The van der Waals surface area contributed by atoms with E-state index in [0.717, 1.165) is 52.0 Å². The standard InChI is InChI=1S/C21H32N4O4/c1-3-29-20(27)21-7-4-17(24-10-12-28-13-11-24)14-16(21)5-9-25(15-21)19(26)18-6-8-23(2)22-18/h6,8,16-17H,3-5,7,9-15H2,1-2H3/t16-,17-,21-/m1/s1. The Bertz CT molecular complexity index is 745. The highest BCUT2D eigenvalue weighted by molar-refractivity contribution is 5.93. The van der Waals surface area contributed by atoms with Crippen LogP contribution in [0.4, 0.5) is 0 Å². The van der Waals surface area contributed by atoms with E-state index in [1.165, 1.54) is 0 Å². The van der Waals surface area contributed by atoms with Gasteiger partial charge in [-0.3, -0.25) is 19.2 Å². The van der Waals surface area contributed by atoms with E-state index < -0.39 is 5.41 Å². The van der Waals surface area contributed by atoms with E-state index in [9.17, 15) is 9.59 Å². The molecule has 2 aliphatic heterocycles. The normalized spacial score (nSPS) is 30.6. The second kappa shape index (κ2) is 8.44. The number of hydrogen-bond donors (Lipinski definition) is 0. The van der Waals surface area contributed by atoms with Crippen molar-refractivity contribution in [3.63, 3.8) is 0 Å². The zero-order chi connectivity index (χ0) is 20.4. The summed E-state index contributed by atoms with van der Waals surface area (Å²) in [6, 6.07) is 2.23. The summed E-state index contributed by atoms with van der Waals surface area (Å²) in [5.41, 5.74) is -0.159. The van der Waals surface area contributed by atoms with Crippen LogP contribution in [0.1, 0.15) is 43.1 Å². The van der Waals surface area contributed by atoms with Gasteiger partial charge in [0, 0.05) is 45.5 Å². The molecule has 3 heterocycles. The number of hydrogen-bond acceptors (Lipinski definition) is 6. The third-order valence-electron chi connectivity index (χ3n) is 6.95. The van der Waals surface area contributed by atoms with Gasteiger partial charge in [-0.2, -0.15) is 5.10 Å². The van der Waals surface area contributed by atoms with Crippen molar-refractivity contribution in [1.82, 2.24) is 19.6 Å². The van der Waals surface area contributed by atoms with Crippen LogP contribution in [-0.2, 0) is 21.3 Å². The lowest BCUT2D eigenvalue weighted by Crippen LogP contribution is -2.59. The van der Waals surface area contributed by atoms with E-state index in [-0.39, 0.29) is 17.8 Å². The van der Waals surface area contributed by atoms with Crippen molar-refractivity contribution < 1.29 is 19.1 Å². The molecule has 0 radical (unpaired) electrons. The van der Waals surface area contributed by atoms with E-state index in [0.29, 0.717) is 31.4 Å². The first kappa shape index (κ1) is 20.3. The Balaban J connectivity index is 1.52. The molecule has 0 aromatic carbocycles. The van der Waals surface area contributed by atoms with Gasteiger partial charge in [0.25, 0.3) is 5.91 Å². The maximum absolute atomic E-state index is 13.1. The summed E-state index contributed by atoms with van der Waals surface area (Å²) in [7, 11) is 1.80. The predicted molar refractivity (Wildman–Crippen MR) is 106 cm³/mol. The number of esters is 1. The van der Waals surface area contributed by atoms with Gasteiger partial charge in [-0.15, -0.1) is 0 Å². The van der Waals surface area contributed by atoms with E-state index in [2.05, 4.69) is 10.00 Å². The Morgan fingerprint density at radius 3 is 2.76 bits per heavy atom. The monoisotopic (exact) mass is 404 g/mol. The summed E-state index contributed by atoms with van der Waals surface area (Å²) in [6.07, 6.45) is 5.32. The molecule has 4 rings (SSSR count). The van der Waals surface area contributed by atoms with Crippen molar-refractivity contribution in [2.24, 2.45) is 18.4 Å². The lowest BCUT2D eigenvalue weighted by molar-refractivity contribution is -0.168. The van der Waals surface area contributed by atoms with Crippen LogP contribution in [0.2, 0.25) is 0 Å². The largest absolute Gasteiger partial charge is 0.466 e. The maximum atomic E-state index is 13.1. The smallest absolute Gasteiger partial charge is 0.314 e. The Hall–Kier alpha value is -1.93. The number of aryl methyl sites for hydroxylation is 1. The number of aromatic nitrogens is 2. The van der Waals surface area contributed by atoms with Crippen LogP contribution in [0, 0.1) is 11.3 Å². The quantitative estimate of drug-likeness (QED) is 0.705. The molecule has 0 spiro atoms. The van der Waals surface area contributed by atoms with Crippen LogP contribution in [-0.4, -0.2) is 83.5 Å². The number of amides is 1. The predicted octanol–water partition coefficient (Wildman–Crippen LogP) is 1.32. The lowest BCUT2D eigenvalue weighted by Gasteiger charge is -2.52. The molecule has 160 valence electrons. The van der Waals surface area contributed by atoms with Crippen LogP contribution in [0.5, 0.6) is 0 Å². The number of nitrogens with zero attached hydrogens (tertiary/aromatic N) is 4. The lowest BCUT2D eigenvalue weighted by atomic mass is 9.61. The van der Waals surface area contributed by atoms with E-state index in [1.54, 1.807) is 24.0 Å². The number of likely N-dealkylation sites (tertiary alicyclic amines) is 1. The van der Waals surface area contributed by atoms with Gasteiger partial charge < -0.3 is 14.4 Å². The molecule has 1 amide bonds. The van der Waals surface area contributed by atoms with Gasteiger partial charge in [-0.1, -0.05) is 0 Å². The molecule has 2 saturated heterocycles. The average Bonchev–Trinajstić information content (AvgIpc) is 3.19. The molecule has 3 atom stereocenters. The fourth-order valence-electron chi connectivity index (χ4n) is 5.38. The molecule has 3 fully saturated rings. The fourth-order valence-corrected chi connectivity index (χ4v) is 5.38. The number of carbonyl (C=O) groups excluding carboxylic acids is 2. The molecule has 0 N–H and O–H groups in total. The van der Waals surface area contributed by atoms with Crippen LogP contribution >= 0.6 is 0 Å². The van der Waals surface area contributed by atoms with Crippen molar-refractivity contribution in [3.05, 3.63) is 18.0 Å². The molecule has 1 aliphatic carbocycles. The highest BCUT2D eigenvalue weighted by Gasteiger charge is 2.54. The van der Waals surface area contributed by atoms with Gasteiger partial charge in [0.1, 0.15) is 5.69 Å². The van der Waals surface area contributed by atoms with Crippen molar-refractivity contribution in [2.45, 2.75) is 38.6 Å². The minimum Gasteiger partial charge on any atom is -0.466 e. The number of fused-ring (bicyclic) bond motifs is 1. The maximum Gasteiger partial charge on any atom is 0.314 e. The van der Waals surface area contributed by atoms with Crippen molar-refractivity contribution in [1.29, 1.82) is 0 Å². The van der Waals surface area contributed by atoms with Gasteiger partial charge in [0.15, 0.2) is 0 Å². The molecular formula is C21H32N4O4. The molecule has 0 bridgehead atoms. The van der Waals surface area contributed by atoms with Gasteiger partial charge in [0.2, 0.25) is 0 Å². The summed E-state index contributed by atoms with van der Waals surface area (Å²) in [4.78, 5) is 30.5. The molecule has 8 nitrogen and oxygen atoms in total. The summed E-state index contributed by atoms with van der Waals surface area (Å²) in [5, 5.41) is 4.26. The fraction of sp³-hybridized carbons (Fsp3) is 0.762. The minimum absolute atomic E-state index is 0.0944. The Morgan fingerprint density at radius 1 is 1.28 bits per heavy atom. The van der Waals surface area contributed by atoms with Crippen LogP contribution in [0.15, 0.2) is 12.3 Å². The number of ether oxygens (including phenoxy) is 2. The number of morpholine rings is 1. The molecule has 3 aliphatic rings. The third kappa shape index (κ3) is 3.92. The van der Waals surface area contributed by atoms with Crippen molar-refractivity contribution in [3.8, 4) is 0 Å². The van der Waals surface area contributed by atoms with Crippen LogP contribution in [0.3, 0.4) is 0 Å². The molecule has 0 unspecified atom stereocenters. The van der Waals surface area contributed by atoms with Gasteiger partial charge in [-0.05, 0) is 44.6 Å². The first-order chi connectivity index (χ1) is 14.0. The molecular weight excluding hydrogens is 372 g/mol. The summed E-state index contributed by atoms with van der Waals surface area (Å²) < 4.78 is 12.7. The highest BCUT2D eigenvalue weighted by atomic mass is 16.5. The van der Waals surface area contributed by atoms with E-state index in [1.807, 2.05) is 11.8 Å². The van der Waals surface area contributed by atoms with E-state index in [4.69, 9.17) is 9.47 Å². The molecule has 8 heteroatoms. The Labute approximate surface area is 172 Å². The number of carbonyl (C=O) groups is 2. The average molecular weight is 405 g/mol. The number of piperidine rings is 1. The van der Waals surface area contributed by atoms with Gasteiger partial charge in [0.05, 0.1) is 25.2 Å². The molecule has 1 aromatic heterocycles. The topological polar surface area (TPSA) is 76.9 Å².